The summed E-state index contributed by atoms with van der Waals surface area (Å²) >= 11 is 0. The van der Waals surface area contributed by atoms with Crippen LogP contribution in [0.1, 0.15) is 19.3 Å². The Balaban J connectivity index is 1.58. The number of fused-ring (bicyclic) bond motifs is 1. The first-order chi connectivity index (χ1) is 9.13. The van der Waals surface area contributed by atoms with Gasteiger partial charge in [-0.15, -0.1) is 0 Å². The van der Waals surface area contributed by atoms with Crippen molar-refractivity contribution >= 4 is 11.6 Å². The van der Waals surface area contributed by atoms with E-state index in [9.17, 15) is 13.6 Å². The minimum atomic E-state index is -0.614. The van der Waals surface area contributed by atoms with Gasteiger partial charge in [0.15, 0.2) is 0 Å². The van der Waals surface area contributed by atoms with E-state index in [0.717, 1.165) is 37.1 Å². The number of amides is 1. The highest BCUT2D eigenvalue weighted by atomic mass is 19.1. The first-order valence-corrected chi connectivity index (χ1v) is 6.62. The van der Waals surface area contributed by atoms with Gasteiger partial charge >= 0.3 is 0 Å². The van der Waals surface area contributed by atoms with Gasteiger partial charge in [0.1, 0.15) is 11.6 Å². The van der Waals surface area contributed by atoms with Gasteiger partial charge in [-0.2, -0.15) is 0 Å². The number of likely N-dealkylation sites (tertiary alicyclic amines) is 1. The molecule has 2 atom stereocenters. The van der Waals surface area contributed by atoms with Gasteiger partial charge in [-0.05, 0) is 30.9 Å². The normalized spacial score (nSPS) is 25.8. The minimum Gasteiger partial charge on any atom is -0.322 e. The van der Waals surface area contributed by atoms with Crippen molar-refractivity contribution in [3.63, 3.8) is 0 Å². The molecule has 0 bridgehead atoms. The predicted octanol–water partition coefficient (Wildman–Crippen LogP) is 2.39. The molecule has 1 N–H and O–H groups in total. The highest BCUT2D eigenvalue weighted by molar-refractivity contribution is 5.92. The monoisotopic (exact) mass is 266 g/mol. The van der Waals surface area contributed by atoms with Crippen LogP contribution >= 0.6 is 0 Å². The first kappa shape index (κ1) is 12.5. The third kappa shape index (κ3) is 2.47. The van der Waals surface area contributed by atoms with Gasteiger partial charge in [0.2, 0.25) is 5.91 Å². The molecule has 3 rings (SSSR count). The highest BCUT2D eigenvalue weighted by Crippen LogP contribution is 2.38. The number of hydrogen-bond acceptors (Lipinski definition) is 2. The van der Waals surface area contributed by atoms with E-state index in [0.29, 0.717) is 6.04 Å². The predicted molar refractivity (Wildman–Crippen MR) is 67.7 cm³/mol. The van der Waals surface area contributed by atoms with Crippen molar-refractivity contribution in [1.82, 2.24) is 4.90 Å². The van der Waals surface area contributed by atoms with Crippen LogP contribution < -0.4 is 5.32 Å². The van der Waals surface area contributed by atoms with Gasteiger partial charge in [0, 0.05) is 18.7 Å². The molecule has 1 amide bonds. The maximum Gasteiger partial charge on any atom is 0.238 e. The van der Waals surface area contributed by atoms with E-state index in [1.54, 1.807) is 0 Å². The van der Waals surface area contributed by atoms with Crippen LogP contribution in [0.5, 0.6) is 0 Å². The summed E-state index contributed by atoms with van der Waals surface area (Å²) in [4.78, 5) is 13.9. The molecule has 3 nitrogen and oxygen atoms in total. The number of halogens is 2. The number of nitrogens with zero attached hydrogens (tertiary/aromatic N) is 1. The Hall–Kier alpha value is -1.49. The van der Waals surface area contributed by atoms with Gasteiger partial charge in [-0.3, -0.25) is 9.69 Å². The van der Waals surface area contributed by atoms with Gasteiger partial charge < -0.3 is 5.32 Å². The summed E-state index contributed by atoms with van der Waals surface area (Å²) in [6.45, 7) is 1.21. The lowest BCUT2D eigenvalue weighted by Crippen LogP contribution is -2.55. The zero-order valence-corrected chi connectivity index (χ0v) is 10.5. The highest BCUT2D eigenvalue weighted by Gasteiger charge is 2.42. The van der Waals surface area contributed by atoms with E-state index in [1.165, 1.54) is 12.8 Å². The van der Waals surface area contributed by atoms with Crippen molar-refractivity contribution < 1.29 is 13.6 Å². The second-order valence-corrected chi connectivity index (χ2v) is 5.36. The molecule has 0 spiro atoms. The van der Waals surface area contributed by atoms with Crippen LogP contribution in [-0.2, 0) is 4.79 Å². The molecule has 1 saturated heterocycles. The molecule has 5 heteroatoms. The molecular weight excluding hydrogens is 250 g/mol. The molecule has 1 aliphatic carbocycles. The minimum absolute atomic E-state index is 0.0894. The molecule has 2 aliphatic rings. The summed E-state index contributed by atoms with van der Waals surface area (Å²) in [5.41, 5.74) is -0.0894. The molecular formula is C14H16F2N2O. The lowest BCUT2D eigenvalue weighted by Gasteiger charge is -2.44. The number of benzene rings is 1. The molecule has 0 radical (unpaired) electrons. The number of carbonyl (C=O) groups excluding carboxylic acids is 1. The van der Waals surface area contributed by atoms with Crippen LogP contribution in [-0.4, -0.2) is 29.9 Å². The van der Waals surface area contributed by atoms with Crippen LogP contribution in [0.2, 0.25) is 0 Å². The summed E-state index contributed by atoms with van der Waals surface area (Å²) in [7, 11) is 0. The van der Waals surface area contributed by atoms with Gasteiger partial charge in [0.25, 0.3) is 0 Å². The average Bonchev–Trinajstić information content (AvgIpc) is 2.72. The average molecular weight is 266 g/mol. The fraction of sp³-hybridized carbons (Fsp3) is 0.500. The van der Waals surface area contributed by atoms with Crippen molar-refractivity contribution in [3.8, 4) is 0 Å². The fourth-order valence-corrected chi connectivity index (χ4v) is 3.16. The molecule has 2 fully saturated rings. The van der Waals surface area contributed by atoms with E-state index >= 15 is 0 Å². The second kappa shape index (κ2) is 4.89. The Bertz CT molecular complexity index is 506. The second-order valence-electron chi connectivity index (χ2n) is 5.36. The summed E-state index contributed by atoms with van der Waals surface area (Å²) in [5.74, 6) is -0.720. The van der Waals surface area contributed by atoms with E-state index < -0.39 is 11.6 Å². The molecule has 1 saturated carbocycles. The standard InChI is InChI=1S/C14H16F2N2O/c15-10-4-5-11(16)12(6-10)17-14(19)8-18-7-9-2-1-3-13(9)18/h4-6,9,13H,1-3,7-8H2,(H,17,19). The summed E-state index contributed by atoms with van der Waals surface area (Å²) < 4.78 is 26.4. The smallest absolute Gasteiger partial charge is 0.238 e. The SMILES string of the molecule is O=C(CN1CC2CCCC21)Nc1cc(F)ccc1F. The van der Waals surface area contributed by atoms with Crippen molar-refractivity contribution in [2.75, 3.05) is 18.4 Å². The zero-order valence-electron chi connectivity index (χ0n) is 10.5. The van der Waals surface area contributed by atoms with E-state index in [4.69, 9.17) is 0 Å². The molecule has 1 aromatic carbocycles. The third-order valence-corrected chi connectivity index (χ3v) is 4.11. The summed E-state index contributed by atoms with van der Waals surface area (Å²) in [6.07, 6.45) is 3.62. The molecule has 2 unspecified atom stereocenters. The molecule has 0 aromatic heterocycles. The van der Waals surface area contributed by atoms with Crippen LogP contribution in [0.4, 0.5) is 14.5 Å². The Morgan fingerprint density at radius 2 is 2.21 bits per heavy atom. The number of nitrogens with one attached hydrogen (secondary N) is 1. The maximum atomic E-state index is 13.4. The Morgan fingerprint density at radius 3 is 3.00 bits per heavy atom. The van der Waals surface area contributed by atoms with Crippen LogP contribution in [0.3, 0.4) is 0 Å². The lowest BCUT2D eigenvalue weighted by atomic mass is 9.92. The third-order valence-electron chi connectivity index (χ3n) is 4.11. The largest absolute Gasteiger partial charge is 0.322 e. The van der Waals surface area contributed by atoms with Crippen molar-refractivity contribution in [2.24, 2.45) is 5.92 Å². The van der Waals surface area contributed by atoms with E-state index in [2.05, 4.69) is 10.2 Å². The van der Waals surface area contributed by atoms with Crippen LogP contribution in [0.25, 0.3) is 0 Å². The quantitative estimate of drug-likeness (QED) is 0.911. The van der Waals surface area contributed by atoms with Crippen LogP contribution in [0.15, 0.2) is 18.2 Å². The molecule has 1 heterocycles. The van der Waals surface area contributed by atoms with Crippen LogP contribution in [0, 0.1) is 17.6 Å². The Morgan fingerprint density at radius 1 is 1.37 bits per heavy atom. The summed E-state index contributed by atoms with van der Waals surface area (Å²) in [5, 5.41) is 2.43. The van der Waals surface area contributed by atoms with E-state index in [1.807, 2.05) is 0 Å². The van der Waals surface area contributed by atoms with Crippen molar-refractivity contribution in [3.05, 3.63) is 29.8 Å². The van der Waals surface area contributed by atoms with Gasteiger partial charge in [-0.25, -0.2) is 8.78 Å². The fourth-order valence-electron chi connectivity index (χ4n) is 3.16. The van der Waals surface area contributed by atoms with Gasteiger partial charge in [-0.1, -0.05) is 6.42 Å². The molecule has 1 aromatic rings. The number of rotatable bonds is 3. The maximum absolute atomic E-state index is 13.4. The zero-order chi connectivity index (χ0) is 13.4. The number of anilines is 1. The van der Waals surface area contributed by atoms with E-state index in [-0.39, 0.29) is 18.1 Å². The molecule has 19 heavy (non-hydrogen) atoms. The Kier molecular flexibility index (Phi) is 3.22. The number of hydrogen-bond donors (Lipinski definition) is 1. The summed E-state index contributed by atoms with van der Waals surface area (Å²) in [6, 6.07) is 3.57. The number of carbonyl (C=O) groups is 1. The van der Waals surface area contributed by atoms with Crippen molar-refractivity contribution in [1.29, 1.82) is 0 Å². The lowest BCUT2D eigenvalue weighted by molar-refractivity contribution is -0.120. The molecule has 1 aliphatic heterocycles. The van der Waals surface area contributed by atoms with Gasteiger partial charge in [0.05, 0.1) is 12.2 Å². The Labute approximate surface area is 110 Å². The molecule has 102 valence electrons. The van der Waals surface area contributed by atoms with Crippen molar-refractivity contribution in [2.45, 2.75) is 25.3 Å². The first-order valence-electron chi connectivity index (χ1n) is 6.62. The topological polar surface area (TPSA) is 32.3 Å².